The molecule has 3 aromatic rings. The Labute approximate surface area is 198 Å². The molecule has 182 valence electrons. The average Bonchev–Trinajstić information content (AvgIpc) is 2.70. The second-order valence-electron chi connectivity index (χ2n) is 6.64. The first-order valence-electron chi connectivity index (χ1n) is 8.77. The molecule has 0 saturated carbocycles. The Kier molecular flexibility index (Phi) is 6.87. The summed E-state index contributed by atoms with van der Waals surface area (Å²) < 4.78 is 104. The van der Waals surface area contributed by atoms with Crippen LogP contribution in [0, 0.1) is 0 Å². The minimum atomic E-state index is -4.94. The zero-order valence-corrected chi connectivity index (χ0v) is 19.9. The smallest absolute Gasteiger partial charge is 0.298 e. The highest BCUT2D eigenvalue weighted by Crippen LogP contribution is 2.38. The molecule has 0 fully saturated rings. The number of nitrogen functional groups attached to an aromatic ring is 2. The molecule has 3 aromatic carbocycles. The third kappa shape index (κ3) is 5.98. The minimum absolute atomic E-state index is 0.0706. The first-order valence-corrected chi connectivity index (χ1v) is 13.9. The summed E-state index contributed by atoms with van der Waals surface area (Å²) in [4.78, 5) is -2.43. The van der Waals surface area contributed by atoms with E-state index in [1.54, 1.807) is 0 Å². The number of rotatable bonds is 7. The fraction of sp³-hybridized carbons (Fsp3) is 0. The maximum atomic E-state index is 11.9. The molecule has 0 bridgehead atoms. The van der Waals surface area contributed by atoms with Crippen molar-refractivity contribution in [2.45, 2.75) is 24.5 Å². The van der Waals surface area contributed by atoms with Crippen molar-refractivity contribution in [3.63, 3.8) is 0 Å². The lowest BCUT2D eigenvalue weighted by molar-refractivity contribution is 0.449. The molecule has 0 spiro atoms. The molecular formula is C18H16N2O10S4. The van der Waals surface area contributed by atoms with E-state index in [1.165, 1.54) is 30.3 Å². The van der Waals surface area contributed by atoms with E-state index in [0.29, 0.717) is 17.8 Å². The number of benzene rings is 3. The normalized spacial score (nSPS) is 12.4. The van der Waals surface area contributed by atoms with Gasteiger partial charge < -0.3 is 16.2 Å². The van der Waals surface area contributed by atoms with Gasteiger partial charge in [0.05, 0.1) is 16.3 Å². The summed E-state index contributed by atoms with van der Waals surface area (Å²) in [5.41, 5.74) is 11.8. The first-order chi connectivity index (χ1) is 15.6. The lowest BCUT2D eigenvalue weighted by atomic mass is 10.2. The molecule has 0 aliphatic carbocycles. The van der Waals surface area contributed by atoms with Crippen LogP contribution in [0.4, 0.5) is 11.4 Å². The van der Waals surface area contributed by atoms with Gasteiger partial charge in [-0.1, -0.05) is 11.8 Å². The highest BCUT2D eigenvalue weighted by Gasteiger charge is 2.23. The van der Waals surface area contributed by atoms with Crippen molar-refractivity contribution in [2.24, 2.45) is 0 Å². The van der Waals surface area contributed by atoms with Gasteiger partial charge in [-0.3, -0.25) is 13.7 Å². The van der Waals surface area contributed by atoms with Crippen molar-refractivity contribution in [1.29, 1.82) is 0 Å². The number of ether oxygens (including phenoxy) is 1. The molecule has 16 heteroatoms. The van der Waals surface area contributed by atoms with Crippen molar-refractivity contribution < 1.29 is 43.6 Å². The molecular weight excluding hydrogens is 532 g/mol. The van der Waals surface area contributed by atoms with Crippen LogP contribution in [0.2, 0.25) is 0 Å². The van der Waals surface area contributed by atoms with Gasteiger partial charge in [0.25, 0.3) is 30.4 Å². The quantitative estimate of drug-likeness (QED) is 0.211. The summed E-state index contributed by atoms with van der Waals surface area (Å²) in [5, 5.41) is 0. The highest BCUT2D eigenvalue weighted by molar-refractivity contribution is 8.00. The van der Waals surface area contributed by atoms with E-state index in [1.807, 2.05) is 0 Å². The van der Waals surface area contributed by atoms with Crippen LogP contribution < -0.4 is 16.2 Å². The van der Waals surface area contributed by atoms with E-state index in [0.717, 1.165) is 18.2 Å². The van der Waals surface area contributed by atoms with Crippen molar-refractivity contribution in [3.8, 4) is 11.5 Å². The Morgan fingerprint density at radius 2 is 1.32 bits per heavy atom. The second-order valence-corrected chi connectivity index (χ2v) is 12.0. The second kappa shape index (κ2) is 9.06. The number of hydrogen-bond donors (Lipinski definition) is 5. The van der Waals surface area contributed by atoms with E-state index < -0.39 is 45.0 Å². The molecule has 0 unspecified atom stereocenters. The molecule has 0 amide bonds. The average molecular weight is 549 g/mol. The molecule has 0 heterocycles. The van der Waals surface area contributed by atoms with Crippen molar-refractivity contribution in [1.82, 2.24) is 0 Å². The van der Waals surface area contributed by atoms with Crippen LogP contribution in [-0.2, 0) is 30.4 Å². The van der Waals surface area contributed by atoms with Gasteiger partial charge >= 0.3 is 0 Å². The zero-order valence-electron chi connectivity index (χ0n) is 16.7. The Morgan fingerprint density at radius 1 is 0.676 bits per heavy atom. The highest BCUT2D eigenvalue weighted by atomic mass is 32.2. The van der Waals surface area contributed by atoms with Gasteiger partial charge in [0.2, 0.25) is 0 Å². The number of hydrogen-bond acceptors (Lipinski definition) is 10. The van der Waals surface area contributed by atoms with Gasteiger partial charge in [0, 0.05) is 15.9 Å². The lowest BCUT2D eigenvalue weighted by Crippen LogP contribution is -2.05. The summed E-state index contributed by atoms with van der Waals surface area (Å²) in [6.45, 7) is 0. The predicted octanol–water partition coefficient (Wildman–Crippen LogP) is 2.53. The van der Waals surface area contributed by atoms with E-state index in [2.05, 4.69) is 0 Å². The Balaban J connectivity index is 2.06. The largest absolute Gasteiger partial charge is 0.456 e. The minimum Gasteiger partial charge on any atom is -0.456 e. The molecule has 34 heavy (non-hydrogen) atoms. The Morgan fingerprint density at radius 3 is 1.88 bits per heavy atom. The van der Waals surface area contributed by atoms with Gasteiger partial charge in [0.1, 0.15) is 21.3 Å². The van der Waals surface area contributed by atoms with Crippen LogP contribution in [0.15, 0.2) is 79.1 Å². The molecule has 0 aliphatic heterocycles. The lowest BCUT2D eigenvalue weighted by Gasteiger charge is -2.13. The maximum absolute atomic E-state index is 11.9. The monoisotopic (exact) mass is 548 g/mol. The summed E-state index contributed by atoms with van der Waals surface area (Å²) >= 11 is 0.627. The van der Waals surface area contributed by atoms with Gasteiger partial charge in [-0.25, -0.2) is 0 Å². The van der Waals surface area contributed by atoms with Crippen molar-refractivity contribution >= 4 is 53.5 Å². The third-order valence-electron chi connectivity index (χ3n) is 4.20. The topological polar surface area (TPSA) is 224 Å². The Hall–Kier alpha value is -2.86. The fourth-order valence-electron chi connectivity index (χ4n) is 2.64. The van der Waals surface area contributed by atoms with E-state index >= 15 is 0 Å². The van der Waals surface area contributed by atoms with Crippen LogP contribution >= 0.6 is 11.8 Å². The standard InChI is InChI=1S/C18H16N2O10S4/c19-13-4-1-10(7-14(13)20)30-15-5-2-11(8-17(15)33(24,25)26)31-16-6-3-12(32(21,22)23)9-18(16)34(27,28)29/h1-9H,19-20H2,(H,21,22,23)(H,24,25,26)(H,27,28,29). The first kappa shape index (κ1) is 25.8. The van der Waals surface area contributed by atoms with Gasteiger partial charge in [-0.15, -0.1) is 0 Å². The molecule has 0 aliphatic rings. The molecule has 12 nitrogen and oxygen atoms in total. The third-order valence-corrected chi connectivity index (χ3v) is 8.01. The van der Waals surface area contributed by atoms with Crippen LogP contribution in [0.1, 0.15) is 0 Å². The molecule has 0 saturated heterocycles. The molecule has 7 N–H and O–H groups in total. The summed E-state index contributed by atoms with van der Waals surface area (Å²) in [7, 11) is -14.5. The van der Waals surface area contributed by atoms with E-state index in [-0.39, 0.29) is 32.7 Å². The molecule has 0 radical (unpaired) electrons. The summed E-state index contributed by atoms with van der Waals surface area (Å²) in [6, 6.07) is 10.1. The van der Waals surface area contributed by atoms with Gasteiger partial charge in [-0.05, 0) is 48.5 Å². The van der Waals surface area contributed by atoms with Gasteiger partial charge in [0.15, 0.2) is 0 Å². The number of anilines is 2. The summed E-state index contributed by atoms with van der Waals surface area (Å²) in [5.74, 6) is -0.167. The fourth-order valence-corrected chi connectivity index (χ4v) is 5.84. The summed E-state index contributed by atoms with van der Waals surface area (Å²) in [6.07, 6.45) is 0. The van der Waals surface area contributed by atoms with Gasteiger partial charge in [-0.2, -0.15) is 25.3 Å². The Bertz CT molecular complexity index is 1600. The molecule has 0 atom stereocenters. The molecule has 0 aromatic heterocycles. The number of nitrogens with two attached hydrogens (primary N) is 2. The van der Waals surface area contributed by atoms with Crippen molar-refractivity contribution in [2.75, 3.05) is 11.5 Å². The molecule has 3 rings (SSSR count). The SMILES string of the molecule is Nc1ccc(Oc2ccc(Sc3ccc(S(=O)(=O)O)cc3S(=O)(=O)O)cc2S(=O)(=O)O)cc1N. The van der Waals surface area contributed by atoms with Crippen molar-refractivity contribution in [3.05, 3.63) is 54.6 Å². The van der Waals surface area contributed by atoms with Crippen LogP contribution in [0.5, 0.6) is 11.5 Å². The van der Waals surface area contributed by atoms with E-state index in [4.69, 9.17) is 20.8 Å². The predicted molar refractivity (Wildman–Crippen MR) is 122 cm³/mol. The van der Waals surface area contributed by atoms with Crippen LogP contribution in [-0.4, -0.2) is 38.9 Å². The van der Waals surface area contributed by atoms with E-state index in [9.17, 15) is 34.4 Å². The van der Waals surface area contributed by atoms with Crippen LogP contribution in [0.3, 0.4) is 0 Å². The maximum Gasteiger partial charge on any atom is 0.298 e. The zero-order chi connectivity index (χ0) is 25.5. The van der Waals surface area contributed by atoms with Crippen LogP contribution in [0.25, 0.3) is 0 Å².